The fourth-order valence-electron chi connectivity index (χ4n) is 2.12. The zero-order valence-corrected chi connectivity index (χ0v) is 14.9. The van der Waals surface area contributed by atoms with Crippen molar-refractivity contribution < 1.29 is 18.0 Å². The summed E-state index contributed by atoms with van der Waals surface area (Å²) < 4.78 is 40.8. The second-order valence-electron chi connectivity index (χ2n) is 5.16. The molecule has 0 unspecified atom stereocenters. The summed E-state index contributed by atoms with van der Waals surface area (Å²) >= 11 is 11.5. The minimum absolute atomic E-state index is 0.0194. The smallest absolute Gasteiger partial charge is 0.259 e. The summed E-state index contributed by atoms with van der Waals surface area (Å²) in [4.78, 5) is 23.0. The van der Waals surface area contributed by atoms with Gasteiger partial charge in [-0.15, -0.1) is 5.10 Å². The van der Waals surface area contributed by atoms with Crippen molar-refractivity contribution in [2.75, 3.05) is 5.32 Å². The quantitative estimate of drug-likeness (QED) is 0.503. The number of nitrogens with zero attached hydrogens (tertiary/aromatic N) is 6. The molecule has 0 amide bonds. The second kappa shape index (κ2) is 7.45. The molecule has 2 aromatic heterocycles. The Morgan fingerprint density at radius 1 is 1.11 bits per heavy atom. The Bertz CT molecular complexity index is 1000. The highest BCUT2D eigenvalue weighted by atomic mass is 35.5. The molecule has 0 saturated heterocycles. The Hall–Kier alpha value is -2.79. The lowest BCUT2D eigenvalue weighted by Gasteiger charge is -2.10. The SMILES string of the molecule is CC(=O)c1nnn(-c2nc(Cl)nc(Cl)n2)c1NCc1cc(F)c(F)c(F)c1. The van der Waals surface area contributed by atoms with Gasteiger partial charge in [0.2, 0.25) is 10.6 Å². The average Bonchev–Trinajstić information content (AvgIpc) is 3.01. The summed E-state index contributed by atoms with van der Waals surface area (Å²) in [5.41, 5.74) is -0.0222. The molecule has 27 heavy (non-hydrogen) atoms. The van der Waals surface area contributed by atoms with Crippen LogP contribution >= 0.6 is 23.2 Å². The molecule has 0 atom stereocenters. The van der Waals surface area contributed by atoms with Crippen LogP contribution in [0.1, 0.15) is 23.0 Å². The minimum Gasteiger partial charge on any atom is -0.364 e. The lowest BCUT2D eigenvalue weighted by Crippen LogP contribution is -2.12. The number of Topliss-reactive ketones (excluding diaryl/α,β-unsaturated/α-hetero) is 1. The molecule has 0 aliphatic carbocycles. The van der Waals surface area contributed by atoms with Crippen LogP contribution < -0.4 is 5.32 Å². The summed E-state index contributed by atoms with van der Waals surface area (Å²) in [5, 5.41) is 9.77. The molecule has 0 spiro atoms. The van der Waals surface area contributed by atoms with Gasteiger partial charge < -0.3 is 5.32 Å². The number of anilines is 1. The molecule has 3 rings (SSSR count). The molecule has 0 aliphatic rings. The van der Waals surface area contributed by atoms with E-state index < -0.39 is 23.2 Å². The summed E-state index contributed by atoms with van der Waals surface area (Å²) in [6, 6.07) is 1.62. The Balaban J connectivity index is 1.99. The molecule has 0 bridgehead atoms. The van der Waals surface area contributed by atoms with Crippen molar-refractivity contribution in [3.63, 3.8) is 0 Å². The highest BCUT2D eigenvalue weighted by molar-refractivity contribution is 6.31. The average molecular weight is 418 g/mol. The lowest BCUT2D eigenvalue weighted by molar-refractivity contribution is 0.101. The number of halogens is 5. The molecule has 2 heterocycles. The van der Waals surface area contributed by atoms with Crippen molar-refractivity contribution in [3.05, 3.63) is 51.4 Å². The zero-order chi connectivity index (χ0) is 19.7. The van der Waals surface area contributed by atoms with E-state index in [1.807, 2.05) is 0 Å². The topological polar surface area (TPSA) is 98.5 Å². The molecular weight excluding hydrogens is 410 g/mol. The van der Waals surface area contributed by atoms with Gasteiger partial charge in [-0.25, -0.2) is 13.2 Å². The molecule has 0 radical (unpaired) electrons. The Labute approximate surface area is 159 Å². The van der Waals surface area contributed by atoms with Crippen LogP contribution in [0.5, 0.6) is 0 Å². The van der Waals surface area contributed by atoms with E-state index >= 15 is 0 Å². The number of carbonyl (C=O) groups is 1. The lowest BCUT2D eigenvalue weighted by atomic mass is 10.2. The van der Waals surface area contributed by atoms with Gasteiger partial charge in [-0.05, 0) is 40.9 Å². The molecule has 8 nitrogen and oxygen atoms in total. The normalized spacial score (nSPS) is 10.9. The Kier molecular flexibility index (Phi) is 5.24. The summed E-state index contributed by atoms with van der Waals surface area (Å²) in [6.07, 6.45) is 0. The predicted molar refractivity (Wildman–Crippen MR) is 88.4 cm³/mol. The molecular formula is C14H8Cl2F3N7O. The van der Waals surface area contributed by atoms with Crippen LogP contribution in [-0.4, -0.2) is 35.7 Å². The first-order valence-corrected chi connectivity index (χ1v) is 7.93. The van der Waals surface area contributed by atoms with Gasteiger partial charge in [0.25, 0.3) is 5.95 Å². The Morgan fingerprint density at radius 3 is 2.26 bits per heavy atom. The monoisotopic (exact) mass is 417 g/mol. The summed E-state index contributed by atoms with van der Waals surface area (Å²) in [5.74, 6) is -4.84. The largest absolute Gasteiger partial charge is 0.364 e. The highest BCUT2D eigenvalue weighted by Crippen LogP contribution is 2.20. The predicted octanol–water partition coefficient (Wildman–Crippen LogP) is 2.99. The molecule has 0 fully saturated rings. The van der Waals surface area contributed by atoms with Crippen LogP contribution in [0.25, 0.3) is 5.95 Å². The number of hydrogen-bond donors (Lipinski definition) is 1. The minimum atomic E-state index is -1.58. The van der Waals surface area contributed by atoms with E-state index in [4.69, 9.17) is 23.2 Å². The van der Waals surface area contributed by atoms with Crippen LogP contribution in [-0.2, 0) is 6.54 Å². The van der Waals surface area contributed by atoms with Gasteiger partial charge in [-0.1, -0.05) is 5.21 Å². The number of hydrogen-bond acceptors (Lipinski definition) is 7. The first kappa shape index (κ1) is 19.0. The van der Waals surface area contributed by atoms with Gasteiger partial charge in [0.1, 0.15) is 0 Å². The molecule has 1 N–H and O–H groups in total. The fourth-order valence-corrected chi connectivity index (χ4v) is 2.48. The standard InChI is InChI=1S/C14H8Cl2F3N7O/c1-5(27)10-11(20-4-6-2-7(17)9(19)8(18)3-6)26(25-24-10)14-22-12(15)21-13(16)23-14/h2-3,20H,4H2,1H3. The maximum absolute atomic E-state index is 13.4. The van der Waals surface area contributed by atoms with Crippen molar-refractivity contribution in [1.29, 1.82) is 0 Å². The summed E-state index contributed by atoms with van der Waals surface area (Å²) in [6.45, 7) is 1.05. The third kappa shape index (κ3) is 3.98. The van der Waals surface area contributed by atoms with Gasteiger partial charge >= 0.3 is 0 Å². The molecule has 13 heteroatoms. The van der Waals surface area contributed by atoms with E-state index in [1.165, 1.54) is 6.92 Å². The van der Waals surface area contributed by atoms with Gasteiger partial charge in [-0.2, -0.15) is 19.6 Å². The van der Waals surface area contributed by atoms with Crippen LogP contribution in [0.3, 0.4) is 0 Å². The molecule has 0 saturated carbocycles. The molecule has 140 valence electrons. The van der Waals surface area contributed by atoms with Crippen molar-refractivity contribution in [2.24, 2.45) is 0 Å². The van der Waals surface area contributed by atoms with E-state index in [-0.39, 0.29) is 40.1 Å². The van der Waals surface area contributed by atoms with Gasteiger partial charge in [0, 0.05) is 13.5 Å². The van der Waals surface area contributed by atoms with Gasteiger partial charge in [-0.3, -0.25) is 4.79 Å². The number of benzene rings is 1. The third-order valence-corrected chi connectivity index (χ3v) is 3.60. The first-order valence-electron chi connectivity index (χ1n) is 7.17. The maximum Gasteiger partial charge on any atom is 0.259 e. The van der Waals surface area contributed by atoms with E-state index in [9.17, 15) is 18.0 Å². The van der Waals surface area contributed by atoms with Gasteiger partial charge in [0.05, 0.1) is 0 Å². The van der Waals surface area contributed by atoms with Crippen molar-refractivity contribution in [1.82, 2.24) is 29.9 Å². The fraction of sp³-hybridized carbons (Fsp3) is 0.143. The molecule has 3 aromatic rings. The van der Waals surface area contributed by atoms with Crippen LogP contribution in [0.2, 0.25) is 10.6 Å². The number of aromatic nitrogens is 6. The number of rotatable bonds is 5. The summed E-state index contributed by atoms with van der Waals surface area (Å²) in [7, 11) is 0. The molecule has 0 aliphatic heterocycles. The maximum atomic E-state index is 13.4. The van der Waals surface area contributed by atoms with E-state index in [1.54, 1.807) is 0 Å². The molecule has 1 aromatic carbocycles. The number of carbonyl (C=O) groups excluding carboxylic acids is 1. The van der Waals surface area contributed by atoms with Crippen LogP contribution in [0.4, 0.5) is 19.0 Å². The van der Waals surface area contributed by atoms with E-state index in [0.29, 0.717) is 0 Å². The van der Waals surface area contributed by atoms with E-state index in [0.717, 1.165) is 16.8 Å². The zero-order valence-electron chi connectivity index (χ0n) is 13.3. The number of ketones is 1. The highest BCUT2D eigenvalue weighted by Gasteiger charge is 2.21. The van der Waals surface area contributed by atoms with Crippen LogP contribution in [0.15, 0.2) is 12.1 Å². The number of nitrogens with one attached hydrogen (secondary N) is 1. The first-order chi connectivity index (χ1) is 12.8. The van der Waals surface area contributed by atoms with Crippen molar-refractivity contribution in [3.8, 4) is 5.95 Å². The van der Waals surface area contributed by atoms with Crippen LogP contribution in [0, 0.1) is 17.5 Å². The Morgan fingerprint density at radius 2 is 1.70 bits per heavy atom. The van der Waals surface area contributed by atoms with E-state index in [2.05, 4.69) is 30.6 Å². The second-order valence-corrected chi connectivity index (χ2v) is 5.83. The van der Waals surface area contributed by atoms with Crippen molar-refractivity contribution in [2.45, 2.75) is 13.5 Å². The van der Waals surface area contributed by atoms with Crippen molar-refractivity contribution >= 4 is 34.8 Å². The third-order valence-electron chi connectivity index (χ3n) is 3.27. The van der Waals surface area contributed by atoms with Gasteiger partial charge in [0.15, 0.2) is 34.7 Å².